The maximum Gasteiger partial charge on any atom is 0.246 e. The minimum absolute atomic E-state index is 0. The summed E-state index contributed by atoms with van der Waals surface area (Å²) in [6.45, 7) is 4.77. The SMILES string of the molecule is CC(C)[C@@H]1CCC[C@@H]1[NH+]=C1NC2CCC1CC2.[Cl-]. The van der Waals surface area contributed by atoms with Crippen LogP contribution in [0, 0.1) is 17.8 Å². The van der Waals surface area contributed by atoms with Gasteiger partial charge in [-0.2, -0.15) is 0 Å². The Morgan fingerprint density at radius 2 is 1.78 bits per heavy atom. The third-order valence-corrected chi connectivity index (χ3v) is 5.26. The van der Waals surface area contributed by atoms with E-state index in [4.69, 9.17) is 0 Å². The van der Waals surface area contributed by atoms with Gasteiger partial charge in [0.1, 0.15) is 0 Å². The highest BCUT2D eigenvalue weighted by atomic mass is 35.5. The van der Waals surface area contributed by atoms with Crippen molar-refractivity contribution in [2.24, 2.45) is 17.8 Å². The standard InChI is InChI=1S/C15H26N2.ClH/c1-10(2)13-4-3-5-14(13)17-15-11-6-8-12(16-15)9-7-11;/h10-14H,3-9H2,1-2H3,(H,16,17);1H/t11?,12?,13-,14-;/m0./s1. The zero-order valence-electron chi connectivity index (χ0n) is 11.7. The Kier molecular flexibility index (Phi) is 4.58. The lowest BCUT2D eigenvalue weighted by Gasteiger charge is -2.34. The summed E-state index contributed by atoms with van der Waals surface area (Å²) in [5.74, 6) is 4.06. The van der Waals surface area contributed by atoms with Crippen LogP contribution in [-0.4, -0.2) is 17.9 Å². The van der Waals surface area contributed by atoms with Gasteiger partial charge in [-0.1, -0.05) is 13.8 Å². The van der Waals surface area contributed by atoms with E-state index in [1.165, 1.54) is 50.8 Å². The van der Waals surface area contributed by atoms with Crippen LogP contribution in [0.15, 0.2) is 0 Å². The minimum Gasteiger partial charge on any atom is -1.00 e. The van der Waals surface area contributed by atoms with E-state index < -0.39 is 0 Å². The Balaban J connectivity index is 0.00000120. The molecule has 2 saturated heterocycles. The topological polar surface area (TPSA) is 26.0 Å². The van der Waals surface area contributed by atoms with Gasteiger partial charge in [0.25, 0.3) is 0 Å². The molecule has 18 heavy (non-hydrogen) atoms. The van der Waals surface area contributed by atoms with Gasteiger partial charge in [-0.3, -0.25) is 10.3 Å². The Morgan fingerprint density at radius 1 is 1.06 bits per heavy atom. The normalized spacial score (nSPS) is 40.9. The second-order valence-electron chi connectivity index (χ2n) is 6.70. The van der Waals surface area contributed by atoms with E-state index >= 15 is 0 Å². The molecule has 0 spiro atoms. The smallest absolute Gasteiger partial charge is 0.246 e. The van der Waals surface area contributed by atoms with Crippen LogP contribution in [0.4, 0.5) is 0 Å². The molecule has 2 N–H and O–H groups in total. The lowest BCUT2D eigenvalue weighted by Crippen LogP contribution is -3.00. The molecule has 2 nitrogen and oxygen atoms in total. The quantitative estimate of drug-likeness (QED) is 0.625. The van der Waals surface area contributed by atoms with Crippen molar-refractivity contribution in [1.29, 1.82) is 0 Å². The van der Waals surface area contributed by atoms with E-state index in [1.54, 1.807) is 0 Å². The van der Waals surface area contributed by atoms with Crippen molar-refractivity contribution in [2.45, 2.75) is 70.9 Å². The lowest BCUT2D eigenvalue weighted by molar-refractivity contribution is -0.517. The van der Waals surface area contributed by atoms with Crippen LogP contribution in [0.5, 0.6) is 0 Å². The molecule has 4 rings (SSSR count). The third-order valence-electron chi connectivity index (χ3n) is 5.26. The molecule has 2 atom stereocenters. The van der Waals surface area contributed by atoms with Gasteiger partial charge in [0, 0.05) is 5.92 Å². The maximum atomic E-state index is 3.89. The molecule has 104 valence electrons. The highest BCUT2D eigenvalue weighted by Crippen LogP contribution is 2.31. The van der Waals surface area contributed by atoms with Crippen LogP contribution >= 0.6 is 0 Å². The first-order chi connectivity index (χ1) is 8.24. The molecule has 0 aromatic carbocycles. The van der Waals surface area contributed by atoms with Crippen molar-refractivity contribution >= 4 is 5.84 Å². The van der Waals surface area contributed by atoms with Gasteiger partial charge in [-0.15, -0.1) is 0 Å². The zero-order chi connectivity index (χ0) is 11.8. The number of rotatable bonds is 2. The van der Waals surface area contributed by atoms with E-state index in [0.29, 0.717) is 0 Å². The van der Waals surface area contributed by atoms with E-state index in [1.807, 2.05) is 0 Å². The summed E-state index contributed by atoms with van der Waals surface area (Å²) in [5.41, 5.74) is 0. The highest BCUT2D eigenvalue weighted by molar-refractivity contribution is 5.81. The number of halogens is 1. The first-order valence-electron chi connectivity index (χ1n) is 7.64. The predicted octanol–water partition coefficient (Wildman–Crippen LogP) is -1.54. The molecule has 0 amide bonds. The summed E-state index contributed by atoms with van der Waals surface area (Å²) >= 11 is 0. The molecular weight excluding hydrogens is 244 g/mol. The molecule has 0 aromatic heterocycles. The summed E-state index contributed by atoms with van der Waals surface area (Å²) in [7, 11) is 0. The van der Waals surface area contributed by atoms with Gasteiger partial charge in [0.2, 0.25) is 5.84 Å². The predicted molar refractivity (Wildman–Crippen MR) is 70.8 cm³/mol. The van der Waals surface area contributed by atoms with Crippen LogP contribution in [0.2, 0.25) is 0 Å². The average molecular weight is 271 g/mol. The molecule has 2 aliphatic heterocycles. The van der Waals surface area contributed by atoms with Crippen LogP contribution in [-0.2, 0) is 0 Å². The Hall–Kier alpha value is -0.240. The lowest BCUT2D eigenvalue weighted by atomic mass is 9.80. The van der Waals surface area contributed by atoms with Gasteiger partial charge in [0.15, 0.2) is 0 Å². The molecule has 2 bridgehead atoms. The summed E-state index contributed by atoms with van der Waals surface area (Å²) in [4.78, 5) is 3.89. The van der Waals surface area contributed by atoms with E-state index in [-0.39, 0.29) is 12.4 Å². The van der Waals surface area contributed by atoms with Crippen molar-refractivity contribution in [2.75, 3.05) is 0 Å². The molecule has 4 aliphatic rings. The van der Waals surface area contributed by atoms with Crippen LogP contribution < -0.4 is 22.7 Å². The van der Waals surface area contributed by atoms with Crippen molar-refractivity contribution < 1.29 is 17.4 Å². The largest absolute Gasteiger partial charge is 1.00 e. The number of fused-ring (bicyclic) bond motifs is 3. The molecular formula is C15H27ClN2. The second kappa shape index (κ2) is 5.81. The van der Waals surface area contributed by atoms with Crippen molar-refractivity contribution in [3.8, 4) is 0 Å². The van der Waals surface area contributed by atoms with Crippen LogP contribution in [0.1, 0.15) is 58.8 Å². The molecule has 2 aliphatic carbocycles. The third kappa shape index (κ3) is 2.68. The van der Waals surface area contributed by atoms with Gasteiger partial charge in [0.05, 0.1) is 18.0 Å². The zero-order valence-corrected chi connectivity index (χ0v) is 12.5. The maximum absolute atomic E-state index is 3.89. The van der Waals surface area contributed by atoms with E-state index in [2.05, 4.69) is 24.2 Å². The van der Waals surface area contributed by atoms with Crippen molar-refractivity contribution in [3.63, 3.8) is 0 Å². The summed E-state index contributed by atoms with van der Waals surface area (Å²) in [5, 5.41) is 3.74. The molecule has 3 heteroatoms. The van der Waals surface area contributed by atoms with Crippen molar-refractivity contribution in [3.05, 3.63) is 0 Å². The molecule has 2 saturated carbocycles. The highest BCUT2D eigenvalue weighted by Gasteiger charge is 2.39. The second-order valence-corrected chi connectivity index (χ2v) is 6.70. The van der Waals surface area contributed by atoms with Gasteiger partial charge >= 0.3 is 0 Å². The van der Waals surface area contributed by atoms with Gasteiger partial charge < -0.3 is 12.4 Å². The summed E-state index contributed by atoms with van der Waals surface area (Å²) in [6.07, 6.45) is 9.85. The molecule has 2 heterocycles. The fourth-order valence-corrected chi connectivity index (χ4v) is 4.19. The van der Waals surface area contributed by atoms with E-state index in [0.717, 1.165) is 29.8 Å². The van der Waals surface area contributed by atoms with Crippen molar-refractivity contribution in [1.82, 2.24) is 5.32 Å². The van der Waals surface area contributed by atoms with Gasteiger partial charge in [-0.25, -0.2) is 0 Å². The molecule has 0 radical (unpaired) electrons. The Labute approximate surface area is 117 Å². The summed E-state index contributed by atoms with van der Waals surface area (Å²) < 4.78 is 0. The first-order valence-corrected chi connectivity index (χ1v) is 7.64. The molecule has 0 aromatic rings. The van der Waals surface area contributed by atoms with Gasteiger partial charge in [-0.05, 0) is 50.9 Å². The minimum atomic E-state index is 0. The first kappa shape index (κ1) is 14.2. The van der Waals surface area contributed by atoms with Crippen LogP contribution in [0.3, 0.4) is 0 Å². The summed E-state index contributed by atoms with van der Waals surface area (Å²) in [6, 6.07) is 1.53. The molecule has 0 unspecified atom stereocenters. The molecule has 4 fully saturated rings. The fourth-order valence-electron chi connectivity index (χ4n) is 4.19. The van der Waals surface area contributed by atoms with Crippen LogP contribution in [0.25, 0.3) is 0 Å². The monoisotopic (exact) mass is 270 g/mol. The number of nitrogens with one attached hydrogen (secondary N) is 2. The average Bonchev–Trinajstić information content (AvgIpc) is 2.79. The number of hydrogen-bond acceptors (Lipinski definition) is 0. The Bertz CT molecular complexity index is 306. The fraction of sp³-hybridized carbons (Fsp3) is 0.933. The Morgan fingerprint density at radius 3 is 2.33 bits per heavy atom. The number of piperidine rings is 2. The number of amidine groups is 1. The number of hydrogen-bond donors (Lipinski definition) is 2. The van der Waals surface area contributed by atoms with E-state index in [9.17, 15) is 0 Å².